The zero-order valence-corrected chi connectivity index (χ0v) is 10.1. The molecular weight excluding hydrogens is 216 g/mol. The van der Waals surface area contributed by atoms with Crippen molar-refractivity contribution in [2.75, 3.05) is 20.2 Å². The molecule has 2 heterocycles. The largest absolute Gasteiger partial charge is 0.489 e. The van der Waals surface area contributed by atoms with Crippen LogP contribution in [0.3, 0.4) is 0 Å². The van der Waals surface area contributed by atoms with E-state index in [1.54, 1.807) is 13.3 Å². The van der Waals surface area contributed by atoms with Crippen LogP contribution >= 0.6 is 0 Å². The quantitative estimate of drug-likeness (QED) is 0.860. The highest BCUT2D eigenvalue weighted by Gasteiger charge is 2.38. The first kappa shape index (κ1) is 10.8. The van der Waals surface area contributed by atoms with Gasteiger partial charge >= 0.3 is 0 Å². The minimum atomic E-state index is 0.363. The van der Waals surface area contributed by atoms with Gasteiger partial charge in [-0.15, -0.1) is 0 Å². The van der Waals surface area contributed by atoms with Gasteiger partial charge in [0.05, 0.1) is 19.4 Å². The molecule has 0 amide bonds. The Labute approximate surface area is 101 Å². The highest BCUT2D eigenvalue weighted by molar-refractivity contribution is 5.23. The van der Waals surface area contributed by atoms with Crippen molar-refractivity contribution in [3.63, 3.8) is 0 Å². The van der Waals surface area contributed by atoms with Crippen molar-refractivity contribution < 1.29 is 9.47 Å². The van der Waals surface area contributed by atoms with E-state index in [2.05, 4.69) is 10.3 Å². The predicted molar refractivity (Wildman–Crippen MR) is 64.3 cm³/mol. The molecule has 92 valence electrons. The summed E-state index contributed by atoms with van der Waals surface area (Å²) in [7, 11) is 1.62. The highest BCUT2D eigenvalue weighted by Crippen LogP contribution is 2.36. The average Bonchev–Trinajstić information content (AvgIpc) is 2.90. The van der Waals surface area contributed by atoms with E-state index in [0.717, 1.165) is 30.7 Å². The van der Waals surface area contributed by atoms with Crippen molar-refractivity contribution in [3.8, 4) is 11.6 Å². The summed E-state index contributed by atoms with van der Waals surface area (Å²) >= 11 is 0. The number of methoxy groups -OCH3 is 1. The fraction of sp³-hybridized carbons (Fsp3) is 0.615. The maximum Gasteiger partial charge on any atom is 0.213 e. The van der Waals surface area contributed by atoms with Gasteiger partial charge in [0, 0.05) is 6.07 Å². The van der Waals surface area contributed by atoms with Crippen molar-refractivity contribution in [2.24, 2.45) is 11.8 Å². The standard InChI is InChI=1S/C13H18N2O2/c1-16-13-3-2-11(8-15-13)17-12-4-9-6-14-7-10(9)5-12/h2-3,8-10,12,14H,4-7H2,1H3. The van der Waals surface area contributed by atoms with Crippen molar-refractivity contribution in [3.05, 3.63) is 18.3 Å². The molecule has 4 heteroatoms. The van der Waals surface area contributed by atoms with Gasteiger partial charge in [-0.1, -0.05) is 0 Å². The number of hydrogen-bond donors (Lipinski definition) is 1. The van der Waals surface area contributed by atoms with Crippen molar-refractivity contribution >= 4 is 0 Å². The molecule has 1 aromatic heterocycles. The maximum absolute atomic E-state index is 5.97. The van der Waals surface area contributed by atoms with E-state index in [-0.39, 0.29) is 0 Å². The van der Waals surface area contributed by atoms with Crippen LogP contribution in [-0.4, -0.2) is 31.3 Å². The summed E-state index contributed by atoms with van der Waals surface area (Å²) in [5, 5.41) is 3.44. The van der Waals surface area contributed by atoms with E-state index in [1.807, 2.05) is 12.1 Å². The third kappa shape index (κ3) is 2.22. The molecule has 1 saturated carbocycles. The molecule has 1 aliphatic heterocycles. The van der Waals surface area contributed by atoms with Crippen LogP contribution in [0.2, 0.25) is 0 Å². The van der Waals surface area contributed by atoms with Gasteiger partial charge in [0.1, 0.15) is 5.75 Å². The molecule has 1 aromatic rings. The molecule has 2 aliphatic rings. The predicted octanol–water partition coefficient (Wildman–Crippen LogP) is 1.47. The third-order valence-electron chi connectivity index (χ3n) is 3.83. The summed E-state index contributed by atoms with van der Waals surface area (Å²) in [6, 6.07) is 3.77. The fourth-order valence-corrected chi connectivity index (χ4v) is 2.96. The number of nitrogens with one attached hydrogen (secondary N) is 1. The molecule has 0 spiro atoms. The van der Waals surface area contributed by atoms with Crippen LogP contribution in [0.1, 0.15) is 12.8 Å². The Balaban J connectivity index is 1.59. The van der Waals surface area contributed by atoms with E-state index in [4.69, 9.17) is 9.47 Å². The molecule has 4 nitrogen and oxygen atoms in total. The second-order valence-corrected chi connectivity index (χ2v) is 4.93. The number of fused-ring (bicyclic) bond motifs is 1. The molecule has 1 N–H and O–H groups in total. The normalized spacial score (nSPS) is 31.2. The Morgan fingerprint density at radius 1 is 1.24 bits per heavy atom. The summed E-state index contributed by atoms with van der Waals surface area (Å²) in [6.07, 6.45) is 4.45. The summed E-state index contributed by atoms with van der Waals surface area (Å²) in [6.45, 7) is 2.32. The zero-order chi connectivity index (χ0) is 11.7. The van der Waals surface area contributed by atoms with Crippen LogP contribution in [0.15, 0.2) is 18.3 Å². The van der Waals surface area contributed by atoms with Crippen LogP contribution in [0.4, 0.5) is 0 Å². The van der Waals surface area contributed by atoms with Crippen LogP contribution in [0.25, 0.3) is 0 Å². The Kier molecular flexibility index (Phi) is 2.89. The zero-order valence-electron chi connectivity index (χ0n) is 10.1. The number of rotatable bonds is 3. The molecule has 17 heavy (non-hydrogen) atoms. The third-order valence-corrected chi connectivity index (χ3v) is 3.83. The fourth-order valence-electron chi connectivity index (χ4n) is 2.96. The van der Waals surface area contributed by atoms with E-state index in [0.29, 0.717) is 12.0 Å². The number of hydrogen-bond acceptors (Lipinski definition) is 4. The van der Waals surface area contributed by atoms with Crippen molar-refractivity contribution in [1.29, 1.82) is 0 Å². The number of ether oxygens (including phenoxy) is 2. The summed E-state index contributed by atoms with van der Waals surface area (Å²) in [4.78, 5) is 4.15. The van der Waals surface area contributed by atoms with Gasteiger partial charge in [-0.05, 0) is 43.8 Å². The first-order valence-corrected chi connectivity index (χ1v) is 6.22. The summed E-state index contributed by atoms with van der Waals surface area (Å²) in [5.41, 5.74) is 0. The van der Waals surface area contributed by atoms with Crippen molar-refractivity contribution in [2.45, 2.75) is 18.9 Å². The lowest BCUT2D eigenvalue weighted by atomic mass is 10.0. The first-order valence-electron chi connectivity index (χ1n) is 6.22. The molecule has 2 unspecified atom stereocenters. The van der Waals surface area contributed by atoms with Crippen molar-refractivity contribution in [1.82, 2.24) is 10.3 Å². The Morgan fingerprint density at radius 2 is 2.00 bits per heavy atom. The monoisotopic (exact) mass is 234 g/mol. The van der Waals surface area contributed by atoms with Gasteiger partial charge in [-0.2, -0.15) is 0 Å². The van der Waals surface area contributed by atoms with E-state index in [1.165, 1.54) is 12.8 Å². The molecular formula is C13H18N2O2. The maximum atomic E-state index is 5.97. The minimum absolute atomic E-state index is 0.363. The van der Waals surface area contributed by atoms with E-state index >= 15 is 0 Å². The average molecular weight is 234 g/mol. The first-order chi connectivity index (χ1) is 8.35. The molecule has 2 fully saturated rings. The van der Waals surface area contributed by atoms with Gasteiger partial charge in [-0.3, -0.25) is 0 Å². The lowest BCUT2D eigenvalue weighted by Crippen LogP contribution is -2.18. The van der Waals surface area contributed by atoms with Crippen LogP contribution in [0, 0.1) is 11.8 Å². The second kappa shape index (κ2) is 4.53. The number of aromatic nitrogens is 1. The lowest BCUT2D eigenvalue weighted by Gasteiger charge is -2.14. The summed E-state index contributed by atoms with van der Waals surface area (Å²) in [5.74, 6) is 3.10. The SMILES string of the molecule is COc1ccc(OC2CC3CNCC3C2)cn1. The second-order valence-electron chi connectivity index (χ2n) is 4.93. The molecule has 0 radical (unpaired) electrons. The van der Waals surface area contributed by atoms with Gasteiger partial charge in [-0.25, -0.2) is 4.98 Å². The number of nitrogens with zero attached hydrogens (tertiary/aromatic N) is 1. The van der Waals surface area contributed by atoms with Crippen LogP contribution in [0.5, 0.6) is 11.6 Å². The van der Waals surface area contributed by atoms with Gasteiger partial charge in [0.15, 0.2) is 0 Å². The van der Waals surface area contributed by atoms with Gasteiger partial charge < -0.3 is 14.8 Å². The number of pyridine rings is 1. The Morgan fingerprint density at radius 3 is 2.59 bits per heavy atom. The minimum Gasteiger partial charge on any atom is -0.489 e. The Hall–Kier alpha value is -1.29. The summed E-state index contributed by atoms with van der Waals surface area (Å²) < 4.78 is 11.0. The molecule has 0 aromatic carbocycles. The molecule has 1 aliphatic carbocycles. The van der Waals surface area contributed by atoms with E-state index < -0.39 is 0 Å². The molecule has 2 atom stereocenters. The van der Waals surface area contributed by atoms with E-state index in [9.17, 15) is 0 Å². The lowest BCUT2D eigenvalue weighted by molar-refractivity contribution is 0.198. The van der Waals surface area contributed by atoms with Gasteiger partial charge in [0.2, 0.25) is 5.88 Å². The Bertz CT molecular complexity index is 368. The smallest absolute Gasteiger partial charge is 0.213 e. The van der Waals surface area contributed by atoms with Crippen LogP contribution in [-0.2, 0) is 0 Å². The highest BCUT2D eigenvalue weighted by atomic mass is 16.5. The topological polar surface area (TPSA) is 43.4 Å². The van der Waals surface area contributed by atoms with Gasteiger partial charge in [0.25, 0.3) is 0 Å². The van der Waals surface area contributed by atoms with Crippen LogP contribution < -0.4 is 14.8 Å². The molecule has 0 bridgehead atoms. The molecule has 3 rings (SSSR count). The molecule has 1 saturated heterocycles.